The first kappa shape index (κ1) is 25.9. The molecule has 4 rings (SSSR count). The molecule has 0 saturated carbocycles. The highest BCUT2D eigenvalue weighted by atomic mass is 35.5. The number of halogens is 4. The van der Waals surface area contributed by atoms with Crippen LogP contribution in [0.4, 0.5) is 18.9 Å². The van der Waals surface area contributed by atoms with Crippen LogP contribution in [0, 0.1) is 0 Å². The van der Waals surface area contributed by atoms with Crippen molar-refractivity contribution >= 4 is 41.0 Å². The van der Waals surface area contributed by atoms with Gasteiger partial charge >= 0.3 is 12.1 Å². The second kappa shape index (κ2) is 10.4. The molecular weight excluding hydrogens is 513 g/mol. The van der Waals surface area contributed by atoms with Crippen LogP contribution in [-0.4, -0.2) is 41.7 Å². The number of imide groups is 1. The standard InChI is InChI=1S/C26H18ClF3N2O5/c27-21-9-7-17(13-20(21)26(28,29)30)31-22(33)14-37-25(36)16-6-8-18-19(12-16)24(35)32(23(18)34)11-10-15-4-2-1-3-5-15/h1-9,12-13H,10-11,14H2,(H,31,33). The van der Waals surface area contributed by atoms with Crippen molar-refractivity contribution in [2.45, 2.75) is 12.6 Å². The van der Waals surface area contributed by atoms with Gasteiger partial charge in [0.25, 0.3) is 17.7 Å². The van der Waals surface area contributed by atoms with Crippen LogP contribution in [0.3, 0.4) is 0 Å². The van der Waals surface area contributed by atoms with Gasteiger partial charge < -0.3 is 10.1 Å². The van der Waals surface area contributed by atoms with Gasteiger partial charge in [-0.3, -0.25) is 19.3 Å². The molecule has 0 aromatic heterocycles. The van der Waals surface area contributed by atoms with E-state index in [4.69, 9.17) is 16.3 Å². The van der Waals surface area contributed by atoms with Crippen LogP contribution in [0.1, 0.15) is 42.2 Å². The van der Waals surface area contributed by atoms with Gasteiger partial charge in [-0.1, -0.05) is 41.9 Å². The Morgan fingerprint density at radius 1 is 0.919 bits per heavy atom. The summed E-state index contributed by atoms with van der Waals surface area (Å²) in [5.41, 5.74) is -0.235. The Labute approximate surface area is 213 Å². The molecule has 0 atom stereocenters. The first-order valence-corrected chi connectivity index (χ1v) is 11.3. The Morgan fingerprint density at radius 3 is 2.32 bits per heavy atom. The number of carbonyl (C=O) groups is 4. The van der Waals surface area contributed by atoms with Crippen molar-refractivity contribution in [1.82, 2.24) is 4.90 Å². The molecule has 0 radical (unpaired) electrons. The van der Waals surface area contributed by atoms with E-state index >= 15 is 0 Å². The van der Waals surface area contributed by atoms with Crippen LogP contribution in [0.15, 0.2) is 66.7 Å². The van der Waals surface area contributed by atoms with E-state index in [0.717, 1.165) is 16.5 Å². The lowest BCUT2D eigenvalue weighted by Gasteiger charge is -2.13. The molecule has 3 amide bonds. The quantitative estimate of drug-likeness (QED) is 0.343. The van der Waals surface area contributed by atoms with Gasteiger partial charge in [0.1, 0.15) is 0 Å². The molecule has 7 nitrogen and oxygen atoms in total. The molecule has 0 bridgehead atoms. The maximum atomic E-state index is 13.0. The van der Waals surface area contributed by atoms with E-state index in [1.54, 1.807) is 0 Å². The number of rotatable bonds is 7. The number of esters is 1. The monoisotopic (exact) mass is 530 g/mol. The molecule has 3 aromatic carbocycles. The van der Waals surface area contributed by atoms with Gasteiger partial charge in [0, 0.05) is 12.2 Å². The second-order valence-corrected chi connectivity index (χ2v) is 8.48. The Morgan fingerprint density at radius 2 is 1.62 bits per heavy atom. The van der Waals surface area contributed by atoms with Crippen molar-refractivity contribution in [1.29, 1.82) is 0 Å². The molecule has 0 fully saturated rings. The van der Waals surface area contributed by atoms with Crippen LogP contribution >= 0.6 is 11.6 Å². The summed E-state index contributed by atoms with van der Waals surface area (Å²) in [5, 5.41) is 1.67. The summed E-state index contributed by atoms with van der Waals surface area (Å²) in [6.07, 6.45) is -4.25. The average molecular weight is 531 g/mol. The van der Waals surface area contributed by atoms with Crippen LogP contribution in [0.25, 0.3) is 0 Å². The van der Waals surface area contributed by atoms with Crippen molar-refractivity contribution in [3.05, 3.63) is 99.6 Å². The van der Waals surface area contributed by atoms with Gasteiger partial charge in [-0.15, -0.1) is 0 Å². The van der Waals surface area contributed by atoms with E-state index in [1.807, 2.05) is 30.3 Å². The number of ether oxygens (including phenoxy) is 1. The molecule has 37 heavy (non-hydrogen) atoms. The zero-order valence-electron chi connectivity index (χ0n) is 19.0. The molecular formula is C26H18ClF3N2O5. The van der Waals surface area contributed by atoms with Crippen LogP contribution in [0.5, 0.6) is 0 Å². The number of anilines is 1. The van der Waals surface area contributed by atoms with Crippen molar-refractivity contribution in [3.8, 4) is 0 Å². The SMILES string of the molecule is O=C(COC(=O)c1ccc2c(c1)C(=O)N(CCc1ccccc1)C2=O)Nc1ccc(Cl)c(C(F)(F)F)c1. The highest BCUT2D eigenvalue weighted by Crippen LogP contribution is 2.36. The van der Waals surface area contributed by atoms with Gasteiger partial charge in [-0.25, -0.2) is 4.79 Å². The van der Waals surface area contributed by atoms with E-state index in [2.05, 4.69) is 5.32 Å². The number of hydrogen-bond acceptors (Lipinski definition) is 5. The van der Waals surface area contributed by atoms with E-state index in [9.17, 15) is 32.3 Å². The van der Waals surface area contributed by atoms with E-state index in [1.165, 1.54) is 24.3 Å². The van der Waals surface area contributed by atoms with Crippen LogP contribution in [0.2, 0.25) is 5.02 Å². The predicted octanol–water partition coefficient (Wildman–Crippen LogP) is 4.99. The third-order valence-electron chi connectivity index (χ3n) is 5.56. The molecule has 1 heterocycles. The molecule has 3 aromatic rings. The summed E-state index contributed by atoms with van der Waals surface area (Å²) in [6, 6.07) is 16.0. The first-order chi connectivity index (χ1) is 17.5. The van der Waals surface area contributed by atoms with Gasteiger partial charge in [-0.05, 0) is 48.4 Å². The Kier molecular flexibility index (Phi) is 7.30. The summed E-state index contributed by atoms with van der Waals surface area (Å²) < 4.78 is 43.9. The Hall–Kier alpha value is -4.18. The maximum Gasteiger partial charge on any atom is 0.417 e. The topological polar surface area (TPSA) is 92.8 Å². The maximum absolute atomic E-state index is 13.0. The van der Waals surface area contributed by atoms with Crippen LogP contribution < -0.4 is 5.32 Å². The van der Waals surface area contributed by atoms with Gasteiger partial charge in [0.15, 0.2) is 6.61 Å². The van der Waals surface area contributed by atoms with Gasteiger partial charge in [0.2, 0.25) is 0 Å². The zero-order chi connectivity index (χ0) is 26.7. The molecule has 0 saturated heterocycles. The molecule has 11 heteroatoms. The van der Waals surface area contributed by atoms with Gasteiger partial charge in [-0.2, -0.15) is 13.2 Å². The highest BCUT2D eigenvalue weighted by Gasteiger charge is 2.36. The minimum atomic E-state index is -4.71. The Bertz CT molecular complexity index is 1390. The highest BCUT2D eigenvalue weighted by molar-refractivity contribution is 6.31. The molecule has 0 unspecified atom stereocenters. The Balaban J connectivity index is 1.37. The van der Waals surface area contributed by atoms with Gasteiger partial charge in [0.05, 0.1) is 27.3 Å². The summed E-state index contributed by atoms with van der Waals surface area (Å²) >= 11 is 5.55. The fourth-order valence-corrected chi connectivity index (χ4v) is 3.96. The fourth-order valence-electron chi connectivity index (χ4n) is 3.74. The number of benzene rings is 3. The number of fused-ring (bicyclic) bond motifs is 1. The van der Waals surface area contributed by atoms with Crippen molar-refractivity contribution in [3.63, 3.8) is 0 Å². The van der Waals surface area contributed by atoms with Crippen molar-refractivity contribution < 1.29 is 37.1 Å². The largest absolute Gasteiger partial charge is 0.452 e. The summed E-state index contributed by atoms with van der Waals surface area (Å²) in [7, 11) is 0. The van der Waals surface area contributed by atoms with Crippen molar-refractivity contribution in [2.24, 2.45) is 0 Å². The van der Waals surface area contributed by atoms with Crippen LogP contribution in [-0.2, 0) is 22.1 Å². The molecule has 0 spiro atoms. The third-order valence-corrected chi connectivity index (χ3v) is 5.89. The number of hydrogen-bond donors (Lipinski definition) is 1. The molecule has 1 N–H and O–H groups in total. The van der Waals surface area contributed by atoms with E-state index < -0.39 is 47.1 Å². The van der Waals surface area contributed by atoms with E-state index in [-0.39, 0.29) is 28.9 Å². The zero-order valence-corrected chi connectivity index (χ0v) is 19.7. The number of carbonyl (C=O) groups excluding carboxylic acids is 4. The third kappa shape index (κ3) is 5.80. The minimum Gasteiger partial charge on any atom is -0.452 e. The minimum absolute atomic E-state index is 0.0396. The van der Waals surface area contributed by atoms with Crippen molar-refractivity contribution in [2.75, 3.05) is 18.5 Å². The predicted molar refractivity (Wildman–Crippen MR) is 127 cm³/mol. The number of nitrogens with zero attached hydrogens (tertiary/aromatic N) is 1. The lowest BCUT2D eigenvalue weighted by Crippen LogP contribution is -2.31. The molecule has 190 valence electrons. The average Bonchev–Trinajstić information content (AvgIpc) is 3.11. The van der Waals surface area contributed by atoms with E-state index in [0.29, 0.717) is 12.5 Å². The lowest BCUT2D eigenvalue weighted by molar-refractivity contribution is -0.137. The number of amides is 3. The molecule has 0 aliphatic carbocycles. The number of alkyl halides is 3. The second-order valence-electron chi connectivity index (χ2n) is 8.07. The molecule has 1 aliphatic rings. The lowest BCUT2D eigenvalue weighted by atomic mass is 10.1. The molecule has 1 aliphatic heterocycles. The summed E-state index contributed by atoms with van der Waals surface area (Å²) in [5.74, 6) is -2.86. The fraction of sp³-hybridized carbons (Fsp3) is 0.154. The summed E-state index contributed by atoms with van der Waals surface area (Å²) in [4.78, 5) is 51.1. The normalized spacial score (nSPS) is 12.9. The summed E-state index contributed by atoms with van der Waals surface area (Å²) in [6.45, 7) is -0.632. The smallest absolute Gasteiger partial charge is 0.417 e. The first-order valence-electron chi connectivity index (χ1n) is 10.9. The number of nitrogens with one attached hydrogen (secondary N) is 1.